The molecule has 0 atom stereocenters. The highest BCUT2D eigenvalue weighted by atomic mass is 32.1. The lowest BCUT2D eigenvalue weighted by atomic mass is 10.4. The molecule has 1 aliphatic rings. The predicted octanol–water partition coefficient (Wildman–Crippen LogP) is 2.06. The number of anilines is 1. The molecule has 0 aliphatic carbocycles. The molecule has 0 aromatic carbocycles. The van der Waals surface area contributed by atoms with Crippen molar-refractivity contribution in [3.8, 4) is 0 Å². The standard InChI is InChI=1S/C9H13F3N4S/c10-9(11,12)7-14-8(17-15-7)13-3-6-16-4-1-2-5-16/h1-6H2,(H,13,14,15). The van der Waals surface area contributed by atoms with Gasteiger partial charge in [-0.25, -0.2) is 0 Å². The van der Waals surface area contributed by atoms with Gasteiger partial charge < -0.3 is 10.2 Å². The minimum absolute atomic E-state index is 0.233. The van der Waals surface area contributed by atoms with E-state index < -0.39 is 12.0 Å². The predicted molar refractivity (Wildman–Crippen MR) is 59.1 cm³/mol. The molecular weight excluding hydrogens is 253 g/mol. The molecule has 0 radical (unpaired) electrons. The van der Waals surface area contributed by atoms with Crippen molar-refractivity contribution < 1.29 is 13.2 Å². The van der Waals surface area contributed by atoms with Crippen molar-refractivity contribution in [1.29, 1.82) is 0 Å². The summed E-state index contributed by atoms with van der Waals surface area (Å²) in [6.07, 6.45) is -2.04. The highest BCUT2D eigenvalue weighted by Crippen LogP contribution is 2.28. The zero-order chi connectivity index (χ0) is 12.3. The fourth-order valence-electron chi connectivity index (χ4n) is 1.74. The Bertz CT molecular complexity index is 359. The SMILES string of the molecule is FC(F)(F)c1nsc(NCCN2CCCC2)n1. The minimum Gasteiger partial charge on any atom is -0.359 e. The lowest BCUT2D eigenvalue weighted by molar-refractivity contribution is -0.144. The fourth-order valence-corrected chi connectivity index (χ4v) is 2.35. The van der Waals surface area contributed by atoms with E-state index in [1.54, 1.807) is 0 Å². The highest BCUT2D eigenvalue weighted by molar-refractivity contribution is 7.09. The minimum atomic E-state index is -4.45. The van der Waals surface area contributed by atoms with Crippen LogP contribution in [-0.2, 0) is 6.18 Å². The maximum absolute atomic E-state index is 12.2. The monoisotopic (exact) mass is 266 g/mol. The Morgan fingerprint density at radius 2 is 2.00 bits per heavy atom. The van der Waals surface area contributed by atoms with Crippen LogP contribution >= 0.6 is 11.5 Å². The number of hydrogen-bond donors (Lipinski definition) is 1. The molecule has 17 heavy (non-hydrogen) atoms. The van der Waals surface area contributed by atoms with Gasteiger partial charge in [0.1, 0.15) is 0 Å². The molecule has 2 rings (SSSR count). The van der Waals surface area contributed by atoms with Crippen molar-refractivity contribution in [3.63, 3.8) is 0 Å². The summed E-state index contributed by atoms with van der Waals surface area (Å²) in [4.78, 5) is 5.67. The largest absolute Gasteiger partial charge is 0.452 e. The van der Waals surface area contributed by atoms with Crippen LogP contribution in [0, 0.1) is 0 Å². The van der Waals surface area contributed by atoms with Gasteiger partial charge >= 0.3 is 6.18 Å². The Morgan fingerprint density at radius 1 is 1.29 bits per heavy atom. The van der Waals surface area contributed by atoms with Crippen molar-refractivity contribution in [1.82, 2.24) is 14.3 Å². The lowest BCUT2D eigenvalue weighted by Gasteiger charge is -2.13. The van der Waals surface area contributed by atoms with Crippen molar-refractivity contribution in [3.05, 3.63) is 5.82 Å². The number of nitrogens with zero attached hydrogens (tertiary/aromatic N) is 3. The van der Waals surface area contributed by atoms with Crippen LogP contribution in [0.25, 0.3) is 0 Å². The number of nitrogens with one attached hydrogen (secondary N) is 1. The number of alkyl halides is 3. The third-order valence-electron chi connectivity index (χ3n) is 2.58. The smallest absolute Gasteiger partial charge is 0.359 e. The number of likely N-dealkylation sites (tertiary alicyclic amines) is 1. The van der Waals surface area contributed by atoms with Gasteiger partial charge in [0, 0.05) is 24.6 Å². The third kappa shape index (κ3) is 3.53. The lowest BCUT2D eigenvalue weighted by Crippen LogP contribution is -2.25. The normalized spacial score (nSPS) is 17.6. The molecule has 0 amide bonds. The van der Waals surface area contributed by atoms with Crippen LogP contribution in [-0.4, -0.2) is 40.4 Å². The maximum Gasteiger partial charge on any atom is 0.452 e. The van der Waals surface area contributed by atoms with Gasteiger partial charge in [-0.3, -0.25) is 0 Å². The van der Waals surface area contributed by atoms with Crippen LogP contribution in [0.3, 0.4) is 0 Å². The second-order valence-corrected chi connectivity index (χ2v) is 4.65. The molecule has 0 spiro atoms. The zero-order valence-electron chi connectivity index (χ0n) is 9.13. The Morgan fingerprint density at radius 3 is 2.59 bits per heavy atom. The Hall–Kier alpha value is -0.890. The summed E-state index contributed by atoms with van der Waals surface area (Å²) >= 11 is 0.748. The molecule has 1 fully saturated rings. The van der Waals surface area contributed by atoms with Crippen LogP contribution in [0.15, 0.2) is 0 Å². The summed E-state index contributed by atoms with van der Waals surface area (Å²) in [5, 5.41) is 3.10. The fraction of sp³-hybridized carbons (Fsp3) is 0.778. The quantitative estimate of drug-likeness (QED) is 0.905. The van der Waals surface area contributed by atoms with Gasteiger partial charge in [-0.05, 0) is 25.9 Å². The van der Waals surface area contributed by atoms with Crippen LogP contribution in [0.5, 0.6) is 0 Å². The first kappa shape index (κ1) is 12.6. The van der Waals surface area contributed by atoms with E-state index in [9.17, 15) is 13.2 Å². The zero-order valence-corrected chi connectivity index (χ0v) is 9.94. The van der Waals surface area contributed by atoms with E-state index in [-0.39, 0.29) is 5.13 Å². The molecule has 4 nitrogen and oxygen atoms in total. The van der Waals surface area contributed by atoms with Crippen molar-refractivity contribution in [2.75, 3.05) is 31.5 Å². The van der Waals surface area contributed by atoms with E-state index in [1.807, 2.05) is 0 Å². The van der Waals surface area contributed by atoms with Gasteiger partial charge in [0.25, 0.3) is 0 Å². The molecule has 8 heteroatoms. The summed E-state index contributed by atoms with van der Waals surface area (Å²) in [5.41, 5.74) is 0. The van der Waals surface area contributed by atoms with Crippen molar-refractivity contribution in [2.45, 2.75) is 19.0 Å². The third-order valence-corrected chi connectivity index (χ3v) is 3.26. The summed E-state index contributed by atoms with van der Waals surface area (Å²) in [6, 6.07) is 0. The van der Waals surface area contributed by atoms with E-state index in [1.165, 1.54) is 12.8 Å². The average Bonchev–Trinajstić information content (AvgIpc) is 2.86. The van der Waals surface area contributed by atoms with Crippen LogP contribution in [0.4, 0.5) is 18.3 Å². The average molecular weight is 266 g/mol. The van der Waals surface area contributed by atoms with E-state index in [2.05, 4.69) is 19.6 Å². The van der Waals surface area contributed by atoms with Gasteiger partial charge in [-0.15, -0.1) is 0 Å². The van der Waals surface area contributed by atoms with Crippen molar-refractivity contribution >= 4 is 16.7 Å². The Kier molecular flexibility index (Phi) is 3.82. The van der Waals surface area contributed by atoms with Gasteiger partial charge in [0.05, 0.1) is 0 Å². The number of hydrogen-bond acceptors (Lipinski definition) is 5. The molecule has 1 N–H and O–H groups in total. The molecule has 0 unspecified atom stereocenters. The summed E-state index contributed by atoms with van der Waals surface area (Å²) in [5.74, 6) is -1.06. The van der Waals surface area contributed by atoms with E-state index >= 15 is 0 Å². The molecule has 2 heterocycles. The first-order valence-corrected chi connectivity index (χ1v) is 6.20. The summed E-state index contributed by atoms with van der Waals surface area (Å²) in [7, 11) is 0. The topological polar surface area (TPSA) is 41.1 Å². The second-order valence-electron chi connectivity index (χ2n) is 3.90. The molecular formula is C9H13F3N4S. The van der Waals surface area contributed by atoms with Crippen LogP contribution in [0.1, 0.15) is 18.7 Å². The first-order valence-electron chi connectivity index (χ1n) is 5.43. The maximum atomic E-state index is 12.2. The van der Waals surface area contributed by atoms with Gasteiger partial charge in [-0.2, -0.15) is 22.5 Å². The van der Waals surface area contributed by atoms with E-state index in [0.717, 1.165) is 31.2 Å². The van der Waals surface area contributed by atoms with Gasteiger partial charge in [0.15, 0.2) is 0 Å². The van der Waals surface area contributed by atoms with Crippen LogP contribution in [0.2, 0.25) is 0 Å². The first-order chi connectivity index (χ1) is 8.05. The van der Waals surface area contributed by atoms with Gasteiger partial charge in [-0.1, -0.05) is 0 Å². The molecule has 0 bridgehead atoms. The molecule has 0 saturated carbocycles. The number of halogens is 3. The second kappa shape index (κ2) is 5.18. The molecule has 1 aliphatic heterocycles. The van der Waals surface area contributed by atoms with Crippen molar-refractivity contribution in [2.24, 2.45) is 0 Å². The summed E-state index contributed by atoms with van der Waals surface area (Å²) in [6.45, 7) is 3.59. The highest BCUT2D eigenvalue weighted by Gasteiger charge is 2.36. The number of rotatable bonds is 4. The van der Waals surface area contributed by atoms with Crippen LogP contribution < -0.4 is 5.32 Å². The summed E-state index contributed by atoms with van der Waals surface area (Å²) < 4.78 is 39.9. The van der Waals surface area contributed by atoms with E-state index in [4.69, 9.17) is 0 Å². The molecule has 1 saturated heterocycles. The van der Waals surface area contributed by atoms with Gasteiger partial charge in [0.2, 0.25) is 11.0 Å². The molecule has 1 aromatic heterocycles. The number of aromatic nitrogens is 2. The Labute approximate surface area is 101 Å². The molecule has 1 aromatic rings. The van der Waals surface area contributed by atoms with E-state index in [0.29, 0.717) is 6.54 Å². The Balaban J connectivity index is 1.77. The molecule has 96 valence electrons.